The highest BCUT2D eigenvalue weighted by molar-refractivity contribution is 5.79. The van der Waals surface area contributed by atoms with Gasteiger partial charge in [-0.05, 0) is 11.1 Å². The molecule has 1 fully saturated rings. The number of nitrogens with zero attached hydrogens (tertiary/aromatic N) is 1. The van der Waals surface area contributed by atoms with E-state index in [2.05, 4.69) is 17.4 Å². The van der Waals surface area contributed by atoms with Crippen LogP contribution in [0.15, 0.2) is 60.7 Å². The second kappa shape index (κ2) is 6.55. The molecular formula is C18H20N2O. The molecule has 108 valence electrons. The molecule has 2 aromatic carbocycles. The van der Waals surface area contributed by atoms with Gasteiger partial charge in [-0.3, -0.25) is 4.79 Å². The van der Waals surface area contributed by atoms with Crippen molar-refractivity contribution in [3.05, 3.63) is 71.8 Å². The summed E-state index contributed by atoms with van der Waals surface area (Å²) in [5.41, 5.74) is 2.33. The Balaban J connectivity index is 1.64. The van der Waals surface area contributed by atoms with Crippen LogP contribution in [0.4, 0.5) is 0 Å². The van der Waals surface area contributed by atoms with E-state index in [1.807, 2.05) is 53.4 Å². The Morgan fingerprint density at radius 2 is 1.71 bits per heavy atom. The molecule has 1 aliphatic rings. The van der Waals surface area contributed by atoms with Crippen LogP contribution in [-0.4, -0.2) is 30.4 Å². The highest BCUT2D eigenvalue weighted by Crippen LogP contribution is 2.17. The van der Waals surface area contributed by atoms with Gasteiger partial charge in [-0.1, -0.05) is 60.7 Å². The number of rotatable bonds is 3. The van der Waals surface area contributed by atoms with E-state index in [9.17, 15) is 4.79 Å². The van der Waals surface area contributed by atoms with E-state index in [1.165, 1.54) is 5.56 Å². The maximum atomic E-state index is 12.4. The molecule has 1 N–H and O–H groups in total. The fourth-order valence-electron chi connectivity index (χ4n) is 2.77. The van der Waals surface area contributed by atoms with Gasteiger partial charge in [0.2, 0.25) is 5.91 Å². The number of hydrogen-bond donors (Lipinski definition) is 1. The summed E-state index contributed by atoms with van der Waals surface area (Å²) in [5.74, 6) is 0.212. The van der Waals surface area contributed by atoms with Gasteiger partial charge in [0.1, 0.15) is 0 Å². The number of hydrogen-bond acceptors (Lipinski definition) is 2. The topological polar surface area (TPSA) is 32.3 Å². The summed E-state index contributed by atoms with van der Waals surface area (Å²) < 4.78 is 0. The van der Waals surface area contributed by atoms with Crippen LogP contribution < -0.4 is 5.32 Å². The van der Waals surface area contributed by atoms with Gasteiger partial charge in [0.15, 0.2) is 0 Å². The van der Waals surface area contributed by atoms with Gasteiger partial charge in [-0.25, -0.2) is 0 Å². The van der Waals surface area contributed by atoms with Crippen LogP contribution in [0.25, 0.3) is 0 Å². The predicted molar refractivity (Wildman–Crippen MR) is 83.9 cm³/mol. The van der Waals surface area contributed by atoms with Gasteiger partial charge in [0.25, 0.3) is 0 Å². The van der Waals surface area contributed by atoms with E-state index in [0.29, 0.717) is 6.42 Å². The van der Waals surface area contributed by atoms with Crippen molar-refractivity contribution >= 4 is 5.91 Å². The number of carbonyl (C=O) groups is 1. The minimum absolute atomic E-state index is 0.212. The summed E-state index contributed by atoms with van der Waals surface area (Å²) >= 11 is 0. The first-order valence-corrected chi connectivity index (χ1v) is 7.43. The normalized spacial score (nSPS) is 18.5. The van der Waals surface area contributed by atoms with Crippen molar-refractivity contribution in [3.8, 4) is 0 Å². The van der Waals surface area contributed by atoms with Crippen LogP contribution in [0.1, 0.15) is 17.2 Å². The number of piperazine rings is 1. The second-order valence-electron chi connectivity index (χ2n) is 5.42. The lowest BCUT2D eigenvalue weighted by Gasteiger charge is -2.34. The van der Waals surface area contributed by atoms with Crippen molar-refractivity contribution in [2.75, 3.05) is 19.6 Å². The lowest BCUT2D eigenvalue weighted by molar-refractivity contribution is -0.131. The molecule has 1 saturated heterocycles. The fourth-order valence-corrected chi connectivity index (χ4v) is 2.77. The molecule has 0 spiro atoms. The third-order valence-corrected chi connectivity index (χ3v) is 3.93. The van der Waals surface area contributed by atoms with Crippen molar-refractivity contribution in [2.24, 2.45) is 0 Å². The first kappa shape index (κ1) is 13.8. The van der Waals surface area contributed by atoms with Crippen LogP contribution >= 0.6 is 0 Å². The Labute approximate surface area is 125 Å². The van der Waals surface area contributed by atoms with E-state index in [4.69, 9.17) is 0 Å². The Kier molecular flexibility index (Phi) is 4.31. The summed E-state index contributed by atoms with van der Waals surface area (Å²) in [4.78, 5) is 14.4. The van der Waals surface area contributed by atoms with Crippen molar-refractivity contribution in [3.63, 3.8) is 0 Å². The van der Waals surface area contributed by atoms with Crippen molar-refractivity contribution < 1.29 is 4.79 Å². The highest BCUT2D eigenvalue weighted by Gasteiger charge is 2.23. The molecule has 0 aliphatic carbocycles. The summed E-state index contributed by atoms with van der Waals surface area (Å²) in [5, 5.41) is 3.49. The van der Waals surface area contributed by atoms with Crippen LogP contribution in [0, 0.1) is 0 Å². The molecule has 0 radical (unpaired) electrons. The van der Waals surface area contributed by atoms with Crippen LogP contribution in [0.2, 0.25) is 0 Å². The Morgan fingerprint density at radius 1 is 1.05 bits per heavy atom. The molecule has 3 rings (SSSR count). The Hall–Kier alpha value is -2.13. The number of benzene rings is 2. The third-order valence-electron chi connectivity index (χ3n) is 3.93. The SMILES string of the molecule is O=C(Cc1ccccc1)N1CCNC(c2ccccc2)C1. The zero-order valence-electron chi connectivity index (χ0n) is 12.0. The number of amides is 1. The van der Waals surface area contributed by atoms with E-state index < -0.39 is 0 Å². The molecule has 2 aromatic rings. The van der Waals surface area contributed by atoms with Crippen molar-refractivity contribution in [1.29, 1.82) is 0 Å². The minimum Gasteiger partial charge on any atom is -0.339 e. The number of nitrogens with one attached hydrogen (secondary N) is 1. The second-order valence-corrected chi connectivity index (χ2v) is 5.42. The lowest BCUT2D eigenvalue weighted by atomic mass is 10.0. The maximum absolute atomic E-state index is 12.4. The molecule has 1 unspecified atom stereocenters. The molecule has 1 amide bonds. The molecule has 3 heteroatoms. The van der Waals surface area contributed by atoms with Gasteiger partial charge < -0.3 is 10.2 Å². The standard InChI is InChI=1S/C18H20N2O/c21-18(13-15-7-3-1-4-8-15)20-12-11-19-17(14-20)16-9-5-2-6-10-16/h1-10,17,19H,11-14H2. The average molecular weight is 280 g/mol. The zero-order valence-corrected chi connectivity index (χ0v) is 12.0. The van der Waals surface area contributed by atoms with Gasteiger partial charge in [0.05, 0.1) is 6.42 Å². The van der Waals surface area contributed by atoms with E-state index >= 15 is 0 Å². The molecule has 0 saturated carbocycles. The highest BCUT2D eigenvalue weighted by atomic mass is 16.2. The van der Waals surface area contributed by atoms with Gasteiger partial charge >= 0.3 is 0 Å². The third kappa shape index (κ3) is 3.50. The number of carbonyl (C=O) groups excluding carboxylic acids is 1. The zero-order chi connectivity index (χ0) is 14.5. The smallest absolute Gasteiger partial charge is 0.227 e. The maximum Gasteiger partial charge on any atom is 0.227 e. The van der Waals surface area contributed by atoms with E-state index in [-0.39, 0.29) is 11.9 Å². The monoisotopic (exact) mass is 280 g/mol. The average Bonchev–Trinajstić information content (AvgIpc) is 2.57. The summed E-state index contributed by atoms with van der Waals surface area (Å²) in [7, 11) is 0. The fraction of sp³-hybridized carbons (Fsp3) is 0.278. The van der Waals surface area contributed by atoms with Gasteiger partial charge in [0, 0.05) is 25.7 Å². The molecule has 1 heterocycles. The first-order valence-electron chi connectivity index (χ1n) is 7.43. The van der Waals surface area contributed by atoms with Crippen molar-refractivity contribution in [2.45, 2.75) is 12.5 Å². The van der Waals surface area contributed by atoms with Gasteiger partial charge in [-0.15, -0.1) is 0 Å². The van der Waals surface area contributed by atoms with Crippen LogP contribution in [0.3, 0.4) is 0 Å². The van der Waals surface area contributed by atoms with Crippen LogP contribution in [0.5, 0.6) is 0 Å². The summed E-state index contributed by atoms with van der Waals surface area (Å²) in [6.45, 7) is 2.38. The van der Waals surface area contributed by atoms with E-state index in [1.54, 1.807) is 0 Å². The molecular weight excluding hydrogens is 260 g/mol. The predicted octanol–water partition coefficient (Wildman–Crippen LogP) is 2.40. The minimum atomic E-state index is 0.212. The molecule has 0 bridgehead atoms. The molecule has 3 nitrogen and oxygen atoms in total. The van der Waals surface area contributed by atoms with Gasteiger partial charge in [-0.2, -0.15) is 0 Å². The quantitative estimate of drug-likeness (QED) is 0.936. The Bertz CT molecular complexity index is 583. The lowest BCUT2D eigenvalue weighted by Crippen LogP contribution is -2.48. The summed E-state index contributed by atoms with van der Waals surface area (Å²) in [6.07, 6.45) is 0.488. The van der Waals surface area contributed by atoms with Crippen molar-refractivity contribution in [1.82, 2.24) is 10.2 Å². The largest absolute Gasteiger partial charge is 0.339 e. The molecule has 1 aliphatic heterocycles. The first-order chi connectivity index (χ1) is 10.3. The molecule has 21 heavy (non-hydrogen) atoms. The Morgan fingerprint density at radius 3 is 2.43 bits per heavy atom. The molecule has 0 aromatic heterocycles. The van der Waals surface area contributed by atoms with E-state index in [0.717, 1.165) is 25.2 Å². The molecule has 1 atom stereocenters. The van der Waals surface area contributed by atoms with Crippen LogP contribution in [-0.2, 0) is 11.2 Å². The summed E-state index contributed by atoms with van der Waals surface area (Å²) in [6, 6.07) is 20.5.